The highest BCUT2D eigenvalue weighted by molar-refractivity contribution is 5.62. The van der Waals surface area contributed by atoms with E-state index in [0.29, 0.717) is 6.29 Å². The minimum Gasteiger partial charge on any atom is -0.376 e. The molecule has 0 amide bonds. The Labute approximate surface area is 111 Å². The summed E-state index contributed by atoms with van der Waals surface area (Å²) < 4.78 is 5.27. The lowest BCUT2D eigenvalue weighted by molar-refractivity contribution is -0.138. The molecule has 1 aliphatic carbocycles. The fourth-order valence-electron chi connectivity index (χ4n) is 2.75. The van der Waals surface area contributed by atoms with Crippen molar-refractivity contribution in [3.63, 3.8) is 0 Å². The van der Waals surface area contributed by atoms with Crippen LogP contribution in [0.1, 0.15) is 19.8 Å². The number of nitriles is 4. The number of ether oxygens (including phenoxy) is 1. The third-order valence-corrected chi connectivity index (χ3v) is 4.18. The molecule has 0 aromatic heterocycles. The first-order valence-corrected chi connectivity index (χ1v) is 5.63. The lowest BCUT2D eigenvalue weighted by Gasteiger charge is -2.50. The lowest BCUT2D eigenvalue weighted by Crippen LogP contribution is -2.61. The van der Waals surface area contributed by atoms with Gasteiger partial charge in [-0.25, -0.2) is 0 Å². The van der Waals surface area contributed by atoms with Crippen molar-refractivity contribution in [3.05, 3.63) is 0 Å². The highest BCUT2D eigenvalue weighted by atomic mass is 16.5. The number of hydrogen-bond donors (Lipinski definition) is 0. The Hall–Kier alpha value is -2.41. The van der Waals surface area contributed by atoms with E-state index in [0.717, 1.165) is 0 Å². The maximum absolute atomic E-state index is 11.2. The molecule has 6 nitrogen and oxygen atoms in total. The molecule has 0 saturated heterocycles. The predicted octanol–water partition coefficient (Wildman–Crippen LogP) is 1.07. The first kappa shape index (κ1) is 14.7. The fraction of sp³-hybridized carbons (Fsp3) is 0.615. The van der Waals surface area contributed by atoms with Crippen molar-refractivity contribution in [2.24, 2.45) is 16.7 Å². The van der Waals surface area contributed by atoms with Gasteiger partial charge in [0.05, 0.1) is 29.9 Å². The van der Waals surface area contributed by atoms with Crippen molar-refractivity contribution in [2.45, 2.75) is 25.4 Å². The molecule has 19 heavy (non-hydrogen) atoms. The van der Waals surface area contributed by atoms with Crippen LogP contribution in [0.15, 0.2) is 0 Å². The van der Waals surface area contributed by atoms with Gasteiger partial charge in [-0.05, 0) is 19.8 Å². The molecular weight excluding hydrogens is 244 g/mol. The third-order valence-electron chi connectivity index (χ3n) is 4.18. The summed E-state index contributed by atoms with van der Waals surface area (Å²) in [5.74, 6) is -0.981. The standard InChI is InChI=1S/C13H12N4O2/c1-11(19-2)4-3-10(5-18)12(6-14,7-15)13(11,8-16)9-17/h5,10H,3-4H2,1-2H3. The van der Waals surface area contributed by atoms with Crippen molar-refractivity contribution < 1.29 is 9.53 Å². The molecule has 2 unspecified atom stereocenters. The van der Waals surface area contributed by atoms with E-state index in [1.165, 1.54) is 14.0 Å². The molecule has 0 radical (unpaired) electrons. The van der Waals surface area contributed by atoms with E-state index in [2.05, 4.69) is 0 Å². The summed E-state index contributed by atoms with van der Waals surface area (Å²) in [6, 6.07) is 7.02. The van der Waals surface area contributed by atoms with Crippen LogP contribution in [0.5, 0.6) is 0 Å². The van der Waals surface area contributed by atoms with Crippen LogP contribution in [0, 0.1) is 62.1 Å². The zero-order chi connectivity index (χ0) is 14.7. The van der Waals surface area contributed by atoms with Gasteiger partial charge >= 0.3 is 0 Å². The molecular formula is C13H12N4O2. The second-order valence-electron chi connectivity index (χ2n) is 4.72. The van der Waals surface area contributed by atoms with Gasteiger partial charge in [-0.3, -0.25) is 0 Å². The van der Waals surface area contributed by atoms with Crippen LogP contribution in [0.2, 0.25) is 0 Å². The number of nitrogens with zero attached hydrogens (tertiary/aromatic N) is 4. The van der Waals surface area contributed by atoms with E-state index in [1.807, 2.05) is 0 Å². The van der Waals surface area contributed by atoms with Crippen LogP contribution in [-0.2, 0) is 9.53 Å². The van der Waals surface area contributed by atoms with Crippen molar-refractivity contribution in [1.29, 1.82) is 21.0 Å². The van der Waals surface area contributed by atoms with E-state index in [-0.39, 0.29) is 12.8 Å². The minimum atomic E-state index is -2.03. The second kappa shape index (κ2) is 4.69. The average molecular weight is 256 g/mol. The molecule has 0 spiro atoms. The van der Waals surface area contributed by atoms with Gasteiger partial charge in [-0.15, -0.1) is 0 Å². The van der Waals surface area contributed by atoms with Crippen molar-refractivity contribution in [2.75, 3.05) is 7.11 Å². The number of rotatable bonds is 2. The zero-order valence-corrected chi connectivity index (χ0v) is 10.7. The maximum Gasteiger partial charge on any atom is 0.204 e. The van der Waals surface area contributed by atoms with E-state index >= 15 is 0 Å². The van der Waals surface area contributed by atoms with Gasteiger partial charge in [-0.2, -0.15) is 21.0 Å². The summed E-state index contributed by atoms with van der Waals surface area (Å²) in [6.07, 6.45) is 0.949. The van der Waals surface area contributed by atoms with Gasteiger partial charge in [0.2, 0.25) is 5.41 Å². The molecule has 1 aliphatic rings. The summed E-state index contributed by atoms with van der Waals surface area (Å²) in [7, 11) is 1.32. The normalized spacial score (nSPS) is 30.9. The zero-order valence-electron chi connectivity index (χ0n) is 10.7. The SMILES string of the molecule is COC1(C)CCC(C=O)C(C#N)(C#N)C1(C#N)C#N. The average Bonchev–Trinajstić information content (AvgIpc) is 2.46. The Balaban J connectivity index is 3.74. The number of hydrogen-bond acceptors (Lipinski definition) is 6. The second-order valence-corrected chi connectivity index (χ2v) is 4.72. The quantitative estimate of drug-likeness (QED) is 0.681. The highest BCUT2D eigenvalue weighted by Crippen LogP contribution is 2.58. The Morgan fingerprint density at radius 1 is 1.16 bits per heavy atom. The Bertz CT molecular complexity index is 529. The molecule has 0 bridgehead atoms. The fourth-order valence-corrected chi connectivity index (χ4v) is 2.75. The minimum absolute atomic E-state index is 0.222. The molecule has 0 aromatic carbocycles. The Morgan fingerprint density at radius 2 is 1.68 bits per heavy atom. The predicted molar refractivity (Wildman–Crippen MR) is 61.5 cm³/mol. The van der Waals surface area contributed by atoms with Gasteiger partial charge in [0.15, 0.2) is 5.41 Å². The first-order valence-electron chi connectivity index (χ1n) is 5.63. The van der Waals surface area contributed by atoms with Crippen molar-refractivity contribution in [3.8, 4) is 24.3 Å². The maximum atomic E-state index is 11.2. The van der Waals surface area contributed by atoms with Crippen molar-refractivity contribution in [1.82, 2.24) is 0 Å². The first-order chi connectivity index (χ1) is 8.97. The molecule has 0 aromatic rings. The number of methoxy groups -OCH3 is 1. The Morgan fingerprint density at radius 3 is 2.00 bits per heavy atom. The van der Waals surface area contributed by atoms with Crippen LogP contribution in [0.25, 0.3) is 0 Å². The van der Waals surface area contributed by atoms with Gasteiger partial charge in [0.25, 0.3) is 0 Å². The van der Waals surface area contributed by atoms with E-state index < -0.39 is 22.3 Å². The topological polar surface area (TPSA) is 121 Å². The van der Waals surface area contributed by atoms with Crippen LogP contribution in [0.3, 0.4) is 0 Å². The molecule has 0 heterocycles. The number of aldehydes is 1. The summed E-state index contributed by atoms with van der Waals surface area (Å²) in [5.41, 5.74) is -5.31. The van der Waals surface area contributed by atoms with Crippen LogP contribution in [0.4, 0.5) is 0 Å². The largest absolute Gasteiger partial charge is 0.376 e. The lowest BCUT2D eigenvalue weighted by atomic mass is 9.48. The smallest absolute Gasteiger partial charge is 0.204 e. The van der Waals surface area contributed by atoms with Crippen LogP contribution in [-0.4, -0.2) is 19.0 Å². The van der Waals surface area contributed by atoms with Crippen LogP contribution >= 0.6 is 0 Å². The third kappa shape index (κ3) is 1.45. The highest BCUT2D eigenvalue weighted by Gasteiger charge is 2.70. The molecule has 96 valence electrons. The molecule has 6 heteroatoms. The van der Waals surface area contributed by atoms with Gasteiger partial charge in [-0.1, -0.05) is 0 Å². The molecule has 2 atom stereocenters. The molecule has 0 aliphatic heterocycles. The van der Waals surface area contributed by atoms with Crippen LogP contribution < -0.4 is 0 Å². The molecule has 1 saturated carbocycles. The molecule has 1 rings (SSSR count). The summed E-state index contributed by atoms with van der Waals surface area (Å²) in [6.45, 7) is 1.52. The van der Waals surface area contributed by atoms with Gasteiger partial charge in [0.1, 0.15) is 6.29 Å². The van der Waals surface area contributed by atoms with E-state index in [1.54, 1.807) is 24.3 Å². The van der Waals surface area contributed by atoms with Gasteiger partial charge < -0.3 is 9.53 Å². The monoisotopic (exact) mass is 256 g/mol. The summed E-state index contributed by atoms with van der Waals surface area (Å²) in [5, 5.41) is 37.7. The summed E-state index contributed by atoms with van der Waals surface area (Å²) >= 11 is 0. The van der Waals surface area contributed by atoms with Gasteiger partial charge in [0, 0.05) is 13.0 Å². The number of carbonyl (C=O) groups is 1. The molecule has 0 N–H and O–H groups in total. The molecule has 1 fully saturated rings. The van der Waals surface area contributed by atoms with E-state index in [9.17, 15) is 25.8 Å². The van der Waals surface area contributed by atoms with E-state index in [4.69, 9.17) is 4.74 Å². The number of carbonyl (C=O) groups excluding carboxylic acids is 1. The van der Waals surface area contributed by atoms with Crippen molar-refractivity contribution >= 4 is 6.29 Å². The summed E-state index contributed by atoms with van der Waals surface area (Å²) in [4.78, 5) is 11.2. The Kier molecular flexibility index (Phi) is 3.62.